The van der Waals surface area contributed by atoms with Gasteiger partial charge in [0.15, 0.2) is 0 Å². The highest BCUT2D eigenvalue weighted by Crippen LogP contribution is 2.29. The summed E-state index contributed by atoms with van der Waals surface area (Å²) in [6.45, 7) is 1.46. The van der Waals surface area contributed by atoms with Gasteiger partial charge in [0.1, 0.15) is 6.61 Å². The molecule has 0 aliphatic heterocycles. The molecule has 0 saturated heterocycles. The number of nitrogens with zero attached hydrogens (tertiary/aromatic N) is 3. The molecule has 0 fully saturated rings. The van der Waals surface area contributed by atoms with Gasteiger partial charge in [0.2, 0.25) is 5.88 Å². The van der Waals surface area contributed by atoms with Crippen molar-refractivity contribution in [3.05, 3.63) is 66.9 Å². The minimum absolute atomic E-state index is 0.610. The molecule has 0 unspecified atom stereocenters. The Morgan fingerprint density at radius 3 is 2.26 bits per heavy atom. The molecule has 0 N–H and O–H groups in total. The largest absolute Gasteiger partial charge is 0.475 e. The summed E-state index contributed by atoms with van der Waals surface area (Å²) in [5.41, 5.74) is 3.13. The van der Waals surface area contributed by atoms with E-state index in [4.69, 9.17) is 4.74 Å². The van der Waals surface area contributed by atoms with Crippen molar-refractivity contribution in [1.29, 1.82) is 0 Å². The second-order valence-electron chi connectivity index (χ2n) is 5.65. The van der Waals surface area contributed by atoms with Crippen LogP contribution in [0.1, 0.15) is 0 Å². The van der Waals surface area contributed by atoms with Gasteiger partial charge < -0.3 is 9.64 Å². The second kappa shape index (κ2) is 7.11. The zero-order chi connectivity index (χ0) is 16.1. The highest BCUT2D eigenvalue weighted by atomic mass is 16.5. The zero-order valence-electron chi connectivity index (χ0n) is 13.5. The number of para-hydroxylation sites is 1. The fourth-order valence-electron chi connectivity index (χ4n) is 2.32. The maximum atomic E-state index is 5.93. The summed E-state index contributed by atoms with van der Waals surface area (Å²) in [6.07, 6.45) is 2.02. The molecule has 23 heavy (non-hydrogen) atoms. The second-order valence-corrected chi connectivity index (χ2v) is 5.65. The van der Waals surface area contributed by atoms with Crippen molar-refractivity contribution in [2.24, 2.45) is 0 Å². The number of benzene rings is 2. The van der Waals surface area contributed by atoms with E-state index < -0.39 is 0 Å². The number of likely N-dealkylation sites (N-methyl/N-ethyl adjacent to an activating group) is 1. The molecular weight excluding hydrogens is 286 g/mol. The first-order chi connectivity index (χ1) is 11.2. The topological polar surface area (TPSA) is 30.3 Å². The van der Waals surface area contributed by atoms with E-state index in [1.54, 1.807) is 0 Å². The average molecular weight is 307 g/mol. The number of aromatic nitrogens is 2. The molecule has 118 valence electrons. The number of ether oxygens (including phenoxy) is 1. The molecule has 0 spiro atoms. The fourth-order valence-corrected chi connectivity index (χ4v) is 2.32. The molecule has 4 heteroatoms. The molecule has 0 aliphatic carbocycles. The Bertz CT molecular complexity index is 736. The van der Waals surface area contributed by atoms with Crippen LogP contribution >= 0.6 is 0 Å². The van der Waals surface area contributed by atoms with Crippen LogP contribution < -0.4 is 4.74 Å². The molecule has 0 saturated carbocycles. The maximum Gasteiger partial charge on any atom is 0.241 e. The summed E-state index contributed by atoms with van der Waals surface area (Å²) in [5.74, 6) is 0.668. The van der Waals surface area contributed by atoms with Crippen LogP contribution in [-0.2, 0) is 0 Å². The predicted octanol–water partition coefficient (Wildman–Crippen LogP) is 3.48. The lowest BCUT2D eigenvalue weighted by atomic mass is 10.1. The molecule has 0 aliphatic rings. The Hall–Kier alpha value is -2.59. The van der Waals surface area contributed by atoms with Gasteiger partial charge in [0.25, 0.3) is 0 Å². The van der Waals surface area contributed by atoms with Crippen LogP contribution in [0.3, 0.4) is 0 Å². The van der Waals surface area contributed by atoms with Crippen LogP contribution in [0.2, 0.25) is 0 Å². The highest BCUT2D eigenvalue weighted by Gasteiger charge is 2.13. The lowest BCUT2D eigenvalue weighted by Gasteiger charge is -2.10. The first kappa shape index (κ1) is 15.3. The smallest absolute Gasteiger partial charge is 0.241 e. The van der Waals surface area contributed by atoms with Crippen LogP contribution in [0, 0.1) is 0 Å². The standard InChI is InChI=1S/C19H21N3O/c1-21(2)13-14-23-19-18(16-9-5-3-6-10-16)15-22(20-19)17-11-7-4-8-12-17/h3-12,15H,13-14H2,1-2H3. The monoisotopic (exact) mass is 307 g/mol. The lowest BCUT2D eigenvalue weighted by molar-refractivity contribution is 0.253. The summed E-state index contributed by atoms with van der Waals surface area (Å²) in [5, 5.41) is 4.63. The summed E-state index contributed by atoms with van der Waals surface area (Å²) in [4.78, 5) is 2.09. The van der Waals surface area contributed by atoms with Gasteiger partial charge in [-0.25, -0.2) is 4.68 Å². The van der Waals surface area contributed by atoms with Crippen molar-refractivity contribution in [3.8, 4) is 22.7 Å². The molecule has 3 aromatic rings. The van der Waals surface area contributed by atoms with E-state index in [2.05, 4.69) is 22.1 Å². The van der Waals surface area contributed by atoms with Gasteiger partial charge in [-0.1, -0.05) is 48.5 Å². The molecule has 1 heterocycles. The van der Waals surface area contributed by atoms with Gasteiger partial charge in [-0.15, -0.1) is 5.10 Å². The van der Waals surface area contributed by atoms with Gasteiger partial charge in [-0.05, 0) is 31.8 Å². The van der Waals surface area contributed by atoms with E-state index >= 15 is 0 Å². The van der Waals surface area contributed by atoms with E-state index in [9.17, 15) is 0 Å². The molecule has 0 atom stereocenters. The third-order valence-electron chi connectivity index (χ3n) is 3.56. The van der Waals surface area contributed by atoms with Gasteiger partial charge >= 0.3 is 0 Å². The van der Waals surface area contributed by atoms with E-state index in [0.29, 0.717) is 12.5 Å². The summed E-state index contributed by atoms with van der Waals surface area (Å²) < 4.78 is 7.80. The van der Waals surface area contributed by atoms with Crippen molar-refractivity contribution >= 4 is 0 Å². The normalized spacial score (nSPS) is 10.9. The lowest BCUT2D eigenvalue weighted by Crippen LogP contribution is -2.19. The summed E-state index contributed by atoms with van der Waals surface area (Å²) in [7, 11) is 4.06. The molecule has 3 rings (SSSR count). The number of rotatable bonds is 6. The average Bonchev–Trinajstić information content (AvgIpc) is 3.00. The quantitative estimate of drug-likeness (QED) is 0.698. The number of hydrogen-bond acceptors (Lipinski definition) is 3. The van der Waals surface area contributed by atoms with Crippen molar-refractivity contribution in [3.63, 3.8) is 0 Å². The molecular formula is C19H21N3O. The number of hydrogen-bond donors (Lipinski definition) is 0. The highest BCUT2D eigenvalue weighted by molar-refractivity contribution is 5.68. The Balaban J connectivity index is 1.93. The molecule has 0 bridgehead atoms. The Morgan fingerprint density at radius 1 is 0.957 bits per heavy atom. The Morgan fingerprint density at radius 2 is 1.61 bits per heavy atom. The van der Waals surface area contributed by atoms with Crippen molar-refractivity contribution in [2.45, 2.75) is 0 Å². The molecule has 2 aromatic carbocycles. The maximum absolute atomic E-state index is 5.93. The SMILES string of the molecule is CN(C)CCOc1nn(-c2ccccc2)cc1-c1ccccc1. The van der Waals surface area contributed by atoms with E-state index in [1.165, 1.54) is 0 Å². The fraction of sp³-hybridized carbons (Fsp3) is 0.211. The van der Waals surface area contributed by atoms with Gasteiger partial charge in [0, 0.05) is 12.7 Å². The molecule has 0 radical (unpaired) electrons. The van der Waals surface area contributed by atoms with E-state index in [-0.39, 0.29) is 0 Å². The van der Waals surface area contributed by atoms with Crippen LogP contribution in [-0.4, -0.2) is 41.9 Å². The van der Waals surface area contributed by atoms with E-state index in [0.717, 1.165) is 23.4 Å². The molecule has 1 aromatic heterocycles. The zero-order valence-corrected chi connectivity index (χ0v) is 13.5. The van der Waals surface area contributed by atoms with Crippen LogP contribution in [0.15, 0.2) is 66.9 Å². The Labute approximate surface area is 136 Å². The third kappa shape index (κ3) is 3.79. The minimum Gasteiger partial charge on any atom is -0.475 e. The van der Waals surface area contributed by atoms with Gasteiger partial charge in [-0.3, -0.25) is 0 Å². The molecule has 4 nitrogen and oxygen atoms in total. The van der Waals surface area contributed by atoms with Crippen molar-refractivity contribution < 1.29 is 4.74 Å². The van der Waals surface area contributed by atoms with Crippen LogP contribution in [0.25, 0.3) is 16.8 Å². The van der Waals surface area contributed by atoms with Crippen LogP contribution in [0.5, 0.6) is 5.88 Å². The van der Waals surface area contributed by atoms with Crippen LogP contribution in [0.4, 0.5) is 0 Å². The summed E-state index contributed by atoms with van der Waals surface area (Å²) >= 11 is 0. The van der Waals surface area contributed by atoms with Gasteiger partial charge in [-0.2, -0.15) is 0 Å². The predicted molar refractivity (Wildman–Crippen MR) is 93.0 cm³/mol. The van der Waals surface area contributed by atoms with Crippen molar-refractivity contribution in [2.75, 3.05) is 27.2 Å². The van der Waals surface area contributed by atoms with Gasteiger partial charge in [0.05, 0.1) is 11.3 Å². The third-order valence-corrected chi connectivity index (χ3v) is 3.56. The first-order valence-corrected chi connectivity index (χ1v) is 7.72. The van der Waals surface area contributed by atoms with E-state index in [1.807, 2.05) is 73.5 Å². The van der Waals surface area contributed by atoms with Crippen molar-refractivity contribution in [1.82, 2.24) is 14.7 Å². The summed E-state index contributed by atoms with van der Waals surface area (Å²) in [6, 6.07) is 20.3. The minimum atomic E-state index is 0.610. The first-order valence-electron chi connectivity index (χ1n) is 7.72. The molecule has 0 amide bonds. The Kier molecular flexibility index (Phi) is 4.74.